The van der Waals surface area contributed by atoms with Gasteiger partial charge in [-0.25, -0.2) is 4.99 Å². The molecule has 0 aliphatic heterocycles. The number of carbonyl (C=O) groups is 1. The van der Waals surface area contributed by atoms with Gasteiger partial charge in [0.05, 0.1) is 32.8 Å². The van der Waals surface area contributed by atoms with Crippen LogP contribution in [0.3, 0.4) is 0 Å². The zero-order valence-electron chi connectivity index (χ0n) is 14.9. The topological polar surface area (TPSA) is 137 Å². The van der Waals surface area contributed by atoms with Gasteiger partial charge in [-0.15, -0.1) is 0 Å². The van der Waals surface area contributed by atoms with Gasteiger partial charge in [-0.05, 0) is 35.4 Å². The number of benzene rings is 2. The van der Waals surface area contributed by atoms with Crippen molar-refractivity contribution in [1.29, 1.82) is 0 Å². The molecule has 4 N–H and O–H groups in total. The molecule has 0 fully saturated rings. The molecule has 146 valence electrons. The number of carbonyl (C=O) groups excluding carboxylic acids is 1. The Hall–Kier alpha value is -2.97. The summed E-state index contributed by atoms with van der Waals surface area (Å²) in [5.74, 6) is -0.412. The highest BCUT2D eigenvalue weighted by molar-refractivity contribution is 6.39. The number of non-ortho nitro benzene ring substituents is 1. The molecule has 0 radical (unpaired) electrons. The van der Waals surface area contributed by atoms with E-state index in [1.807, 2.05) is 0 Å². The number of hydrogen-bond acceptors (Lipinski definition) is 5. The number of aliphatic imine (C=N–C) groups is 2. The number of hydrogen-bond donors (Lipinski definition) is 2. The van der Waals surface area contributed by atoms with Gasteiger partial charge < -0.3 is 11.5 Å². The Morgan fingerprint density at radius 2 is 1.75 bits per heavy atom. The predicted molar refractivity (Wildman–Crippen MR) is 111 cm³/mol. The van der Waals surface area contributed by atoms with Crippen LogP contribution in [-0.4, -0.2) is 29.4 Å². The number of amidine groups is 1. The summed E-state index contributed by atoms with van der Waals surface area (Å²) in [6, 6.07) is 8.95. The van der Waals surface area contributed by atoms with Crippen LogP contribution in [0.5, 0.6) is 0 Å². The van der Waals surface area contributed by atoms with E-state index >= 15 is 0 Å². The molecule has 0 heterocycles. The number of anilines is 1. The standard InChI is InChI=1S/C18H17Cl2N5O3/c1-23-15(11-2-4-12(5-3-11)25(27)28)9-17(26)24-16(21)8-10-6-13(19)18(22)14(20)7-10/h2-7H,8-9,22H2,1H3,(H2,21,24,26)/b23-15+. The molecule has 28 heavy (non-hydrogen) atoms. The van der Waals surface area contributed by atoms with E-state index in [4.69, 9.17) is 34.7 Å². The van der Waals surface area contributed by atoms with Crippen molar-refractivity contribution in [3.8, 4) is 0 Å². The Labute approximate surface area is 171 Å². The number of halogens is 2. The molecule has 0 saturated carbocycles. The van der Waals surface area contributed by atoms with Crippen molar-refractivity contribution in [1.82, 2.24) is 0 Å². The first kappa shape index (κ1) is 21.3. The molecule has 0 aliphatic carbocycles. The van der Waals surface area contributed by atoms with E-state index < -0.39 is 10.8 Å². The number of nitrogen functional groups attached to an aromatic ring is 1. The summed E-state index contributed by atoms with van der Waals surface area (Å²) < 4.78 is 0. The van der Waals surface area contributed by atoms with Crippen LogP contribution in [-0.2, 0) is 11.2 Å². The summed E-state index contributed by atoms with van der Waals surface area (Å²) in [6.45, 7) is 0. The maximum Gasteiger partial charge on any atom is 0.269 e. The average Bonchev–Trinajstić information content (AvgIpc) is 2.64. The van der Waals surface area contributed by atoms with E-state index in [0.29, 0.717) is 26.9 Å². The summed E-state index contributed by atoms with van der Waals surface area (Å²) in [4.78, 5) is 30.4. The first-order valence-corrected chi connectivity index (χ1v) is 8.76. The third kappa shape index (κ3) is 5.51. The molecular weight excluding hydrogens is 405 g/mol. The molecule has 10 heteroatoms. The van der Waals surface area contributed by atoms with Crippen LogP contribution < -0.4 is 11.5 Å². The lowest BCUT2D eigenvalue weighted by atomic mass is 10.1. The van der Waals surface area contributed by atoms with Crippen molar-refractivity contribution >= 4 is 52.0 Å². The second-order valence-corrected chi connectivity index (χ2v) is 6.61. The van der Waals surface area contributed by atoms with Crippen molar-refractivity contribution in [2.45, 2.75) is 12.8 Å². The maximum absolute atomic E-state index is 12.2. The van der Waals surface area contributed by atoms with E-state index in [1.165, 1.54) is 31.3 Å². The number of nitrogens with zero attached hydrogens (tertiary/aromatic N) is 3. The predicted octanol–water partition coefficient (Wildman–Crippen LogP) is 3.42. The van der Waals surface area contributed by atoms with Crippen LogP contribution >= 0.6 is 23.2 Å². The SMILES string of the molecule is C/N=C(\CC(=O)/N=C(\N)Cc1cc(Cl)c(N)c(Cl)c1)c1ccc([N+](=O)[O-])cc1. The summed E-state index contributed by atoms with van der Waals surface area (Å²) in [5, 5.41) is 11.3. The first-order valence-electron chi connectivity index (χ1n) is 8.01. The summed E-state index contributed by atoms with van der Waals surface area (Å²) in [6.07, 6.45) is 0.0693. The van der Waals surface area contributed by atoms with Crippen LogP contribution in [0.2, 0.25) is 10.0 Å². The molecule has 0 aliphatic rings. The number of nitro groups is 1. The van der Waals surface area contributed by atoms with E-state index in [-0.39, 0.29) is 30.1 Å². The zero-order valence-corrected chi connectivity index (χ0v) is 16.4. The largest absolute Gasteiger partial charge is 0.396 e. The van der Waals surface area contributed by atoms with Gasteiger partial charge in [-0.3, -0.25) is 19.9 Å². The first-order chi connectivity index (χ1) is 13.2. The summed E-state index contributed by atoms with van der Waals surface area (Å²) in [7, 11) is 1.52. The Bertz CT molecular complexity index is 949. The minimum atomic E-state index is -0.502. The quantitative estimate of drug-likeness (QED) is 0.242. The van der Waals surface area contributed by atoms with Gasteiger partial charge in [0.25, 0.3) is 11.6 Å². The second kappa shape index (κ2) is 9.29. The van der Waals surface area contributed by atoms with Gasteiger partial charge in [-0.1, -0.05) is 23.2 Å². The molecule has 0 atom stereocenters. The highest BCUT2D eigenvalue weighted by Crippen LogP contribution is 2.29. The summed E-state index contributed by atoms with van der Waals surface area (Å²) >= 11 is 12.0. The maximum atomic E-state index is 12.2. The molecule has 0 aromatic heterocycles. The Morgan fingerprint density at radius 1 is 1.18 bits per heavy atom. The Morgan fingerprint density at radius 3 is 2.25 bits per heavy atom. The van der Waals surface area contributed by atoms with Gasteiger partial charge in [-0.2, -0.15) is 0 Å². The molecule has 2 rings (SSSR count). The lowest BCUT2D eigenvalue weighted by Crippen LogP contribution is -2.18. The van der Waals surface area contributed by atoms with Gasteiger partial charge in [0.2, 0.25) is 0 Å². The zero-order chi connectivity index (χ0) is 20.8. The molecule has 0 unspecified atom stereocenters. The lowest BCUT2D eigenvalue weighted by molar-refractivity contribution is -0.384. The average molecular weight is 422 g/mol. The third-order valence-electron chi connectivity index (χ3n) is 3.79. The second-order valence-electron chi connectivity index (χ2n) is 5.80. The normalized spacial score (nSPS) is 12.1. The summed E-state index contributed by atoms with van der Waals surface area (Å²) in [5.41, 5.74) is 13.5. The van der Waals surface area contributed by atoms with Crippen LogP contribution in [0.1, 0.15) is 17.5 Å². The molecular formula is C18H17Cl2N5O3. The molecule has 0 spiro atoms. The smallest absolute Gasteiger partial charge is 0.269 e. The van der Waals surface area contributed by atoms with Crippen LogP contribution in [0.25, 0.3) is 0 Å². The van der Waals surface area contributed by atoms with Gasteiger partial charge in [0.1, 0.15) is 5.84 Å². The van der Waals surface area contributed by atoms with Crippen molar-refractivity contribution in [3.05, 3.63) is 67.7 Å². The van der Waals surface area contributed by atoms with Crippen LogP contribution in [0.4, 0.5) is 11.4 Å². The highest BCUT2D eigenvalue weighted by Gasteiger charge is 2.12. The van der Waals surface area contributed by atoms with Crippen LogP contribution in [0, 0.1) is 10.1 Å². The fourth-order valence-corrected chi connectivity index (χ4v) is 2.95. The van der Waals surface area contributed by atoms with E-state index in [0.717, 1.165) is 0 Å². The minimum Gasteiger partial charge on any atom is -0.396 e. The number of rotatable bonds is 6. The Balaban J connectivity index is 2.09. The molecule has 0 bridgehead atoms. The fourth-order valence-electron chi connectivity index (χ4n) is 2.42. The van der Waals surface area contributed by atoms with Gasteiger partial charge >= 0.3 is 0 Å². The van der Waals surface area contributed by atoms with Gasteiger partial charge in [0, 0.05) is 25.6 Å². The minimum absolute atomic E-state index is 0.0476. The monoisotopic (exact) mass is 421 g/mol. The number of nitrogens with two attached hydrogens (primary N) is 2. The number of amides is 1. The van der Waals surface area contributed by atoms with Crippen molar-refractivity contribution in [2.75, 3.05) is 12.8 Å². The Kier molecular flexibility index (Phi) is 7.08. The molecule has 2 aromatic rings. The molecule has 0 saturated heterocycles. The fraction of sp³-hybridized carbons (Fsp3) is 0.167. The van der Waals surface area contributed by atoms with Crippen molar-refractivity contribution in [3.63, 3.8) is 0 Å². The lowest BCUT2D eigenvalue weighted by Gasteiger charge is -2.07. The van der Waals surface area contributed by atoms with E-state index in [2.05, 4.69) is 9.98 Å². The van der Waals surface area contributed by atoms with Crippen molar-refractivity contribution in [2.24, 2.45) is 15.7 Å². The molecule has 2 aromatic carbocycles. The highest BCUT2D eigenvalue weighted by atomic mass is 35.5. The van der Waals surface area contributed by atoms with Crippen molar-refractivity contribution < 1.29 is 9.72 Å². The molecule has 8 nitrogen and oxygen atoms in total. The van der Waals surface area contributed by atoms with E-state index in [1.54, 1.807) is 12.1 Å². The van der Waals surface area contributed by atoms with Gasteiger partial charge in [0.15, 0.2) is 0 Å². The van der Waals surface area contributed by atoms with Crippen LogP contribution in [0.15, 0.2) is 46.4 Å². The molecule has 1 amide bonds. The third-order valence-corrected chi connectivity index (χ3v) is 4.42. The number of nitro benzene ring substituents is 1. The van der Waals surface area contributed by atoms with E-state index in [9.17, 15) is 14.9 Å².